The summed E-state index contributed by atoms with van der Waals surface area (Å²) in [6.45, 7) is 0. The molecule has 0 amide bonds. The molecule has 1 aliphatic rings. The Balaban J connectivity index is 2.90. The molecule has 0 spiro atoms. The Labute approximate surface area is 63.9 Å². The van der Waals surface area contributed by atoms with Crippen molar-refractivity contribution in [2.45, 2.75) is 24.7 Å². The molecule has 0 aromatic rings. The van der Waals surface area contributed by atoms with Crippen LogP contribution in [-0.2, 0) is 0 Å². The molecule has 0 saturated carbocycles. The van der Waals surface area contributed by atoms with E-state index in [0.29, 0.717) is 0 Å². The number of alkyl halides is 6. The van der Waals surface area contributed by atoms with Crippen molar-refractivity contribution >= 4 is 0 Å². The van der Waals surface area contributed by atoms with E-state index < -0.39 is 30.3 Å². The van der Waals surface area contributed by atoms with Crippen molar-refractivity contribution in [3.8, 4) is 0 Å². The fourth-order valence-electron chi connectivity index (χ4n) is 0.904. The molecule has 1 rings (SSSR count). The van der Waals surface area contributed by atoms with Gasteiger partial charge in [0, 0.05) is 12.0 Å². The van der Waals surface area contributed by atoms with Crippen LogP contribution in [0.1, 0.15) is 6.42 Å². The van der Waals surface area contributed by atoms with Crippen molar-refractivity contribution in [3.63, 3.8) is 0 Å². The van der Waals surface area contributed by atoms with Gasteiger partial charge in [-0.2, -0.15) is 17.6 Å². The number of rotatable bonds is 1. The van der Waals surface area contributed by atoms with Crippen LogP contribution in [0.3, 0.4) is 0 Å². The maximum absolute atomic E-state index is 12.2. The Morgan fingerprint density at radius 2 is 1.67 bits per heavy atom. The summed E-state index contributed by atoms with van der Waals surface area (Å²) in [5.74, 6) is -8.79. The number of hydrogen-bond acceptors (Lipinski definition) is 0. The van der Waals surface area contributed by atoms with E-state index in [2.05, 4.69) is 0 Å². The molecule has 0 aliphatic heterocycles. The molecular formula is C6H4F6. The summed E-state index contributed by atoms with van der Waals surface area (Å²) in [6, 6.07) is 0. The fraction of sp³-hybridized carbons (Fsp3) is 0.667. The van der Waals surface area contributed by atoms with Crippen LogP contribution in [0.4, 0.5) is 26.3 Å². The maximum Gasteiger partial charge on any atom is 0.329 e. The predicted octanol–water partition coefficient (Wildman–Crippen LogP) is 2.85. The fourth-order valence-corrected chi connectivity index (χ4v) is 0.904. The second-order valence-electron chi connectivity index (χ2n) is 2.52. The summed E-state index contributed by atoms with van der Waals surface area (Å²) in [6.07, 6.45) is -5.14. The molecule has 0 aromatic heterocycles. The van der Waals surface area contributed by atoms with Gasteiger partial charge in [-0.25, -0.2) is 8.78 Å². The van der Waals surface area contributed by atoms with Gasteiger partial charge in [-0.3, -0.25) is 0 Å². The number of allylic oxidation sites excluding steroid dienone is 2. The van der Waals surface area contributed by atoms with Crippen LogP contribution in [0.15, 0.2) is 11.6 Å². The minimum Gasteiger partial charge on any atom is -0.205 e. The van der Waals surface area contributed by atoms with Crippen molar-refractivity contribution in [3.05, 3.63) is 11.6 Å². The maximum atomic E-state index is 12.2. The highest BCUT2D eigenvalue weighted by Gasteiger charge is 2.60. The Kier molecular flexibility index (Phi) is 1.88. The Morgan fingerprint density at radius 1 is 1.17 bits per heavy atom. The zero-order chi connectivity index (χ0) is 9.57. The lowest BCUT2D eigenvalue weighted by atomic mass is 10.2. The topological polar surface area (TPSA) is 0 Å². The van der Waals surface area contributed by atoms with Gasteiger partial charge in [0.1, 0.15) is 0 Å². The molecule has 1 aliphatic carbocycles. The standard InChI is InChI=1S/C6H4F6/c7-4(8)3-1-5(9,10)6(11,12)2-3/h1,4H,2H2. The molecule has 0 fully saturated rings. The largest absolute Gasteiger partial charge is 0.329 e. The summed E-state index contributed by atoms with van der Waals surface area (Å²) in [4.78, 5) is 0. The molecule has 0 nitrogen and oxygen atoms in total. The quantitative estimate of drug-likeness (QED) is 0.440. The van der Waals surface area contributed by atoms with Gasteiger partial charge in [0.15, 0.2) is 0 Å². The van der Waals surface area contributed by atoms with Gasteiger partial charge < -0.3 is 0 Å². The second kappa shape index (κ2) is 2.40. The van der Waals surface area contributed by atoms with Crippen molar-refractivity contribution in [1.82, 2.24) is 0 Å². The Morgan fingerprint density at radius 3 is 1.83 bits per heavy atom. The average molecular weight is 190 g/mol. The molecule has 0 N–H and O–H groups in total. The molecule has 0 radical (unpaired) electrons. The summed E-state index contributed by atoms with van der Waals surface area (Å²) < 4.78 is 72.1. The summed E-state index contributed by atoms with van der Waals surface area (Å²) in [5, 5.41) is 0. The van der Waals surface area contributed by atoms with E-state index in [1.807, 2.05) is 0 Å². The minimum absolute atomic E-state index is 0.350. The molecule has 0 atom stereocenters. The molecular weight excluding hydrogens is 186 g/mol. The first kappa shape index (κ1) is 9.41. The number of hydrogen-bond donors (Lipinski definition) is 0. The van der Waals surface area contributed by atoms with Gasteiger partial charge in [-0.15, -0.1) is 0 Å². The average Bonchev–Trinajstić information content (AvgIpc) is 2.03. The first-order valence-electron chi connectivity index (χ1n) is 3.02. The summed E-state index contributed by atoms with van der Waals surface area (Å²) in [5.41, 5.74) is -1.19. The number of halogens is 6. The zero-order valence-electron chi connectivity index (χ0n) is 5.63. The molecule has 0 bridgehead atoms. The van der Waals surface area contributed by atoms with Crippen LogP contribution in [-0.4, -0.2) is 18.3 Å². The third kappa shape index (κ3) is 1.30. The molecule has 0 unspecified atom stereocenters. The highest BCUT2D eigenvalue weighted by Crippen LogP contribution is 2.47. The smallest absolute Gasteiger partial charge is 0.205 e. The molecule has 70 valence electrons. The second-order valence-corrected chi connectivity index (χ2v) is 2.52. The lowest BCUT2D eigenvalue weighted by molar-refractivity contribution is -0.167. The van der Waals surface area contributed by atoms with Crippen LogP contribution in [0, 0.1) is 0 Å². The zero-order valence-corrected chi connectivity index (χ0v) is 5.63. The SMILES string of the molecule is FC(F)C1=CC(F)(F)C(F)(F)C1. The first-order chi connectivity index (χ1) is 5.26. The van der Waals surface area contributed by atoms with E-state index in [4.69, 9.17) is 0 Å². The van der Waals surface area contributed by atoms with Gasteiger partial charge in [0.05, 0.1) is 0 Å². The minimum atomic E-state index is -4.43. The van der Waals surface area contributed by atoms with Crippen LogP contribution >= 0.6 is 0 Å². The van der Waals surface area contributed by atoms with Gasteiger partial charge in [0.2, 0.25) is 0 Å². The molecule has 6 heteroatoms. The predicted molar refractivity (Wildman–Crippen MR) is 28.6 cm³/mol. The van der Waals surface area contributed by atoms with E-state index in [1.54, 1.807) is 0 Å². The van der Waals surface area contributed by atoms with Crippen LogP contribution in [0.2, 0.25) is 0 Å². The molecule has 12 heavy (non-hydrogen) atoms. The monoisotopic (exact) mass is 190 g/mol. The first-order valence-corrected chi connectivity index (χ1v) is 3.02. The van der Waals surface area contributed by atoms with Crippen LogP contribution < -0.4 is 0 Å². The highest BCUT2D eigenvalue weighted by molar-refractivity contribution is 5.24. The van der Waals surface area contributed by atoms with Crippen molar-refractivity contribution in [2.75, 3.05) is 0 Å². The van der Waals surface area contributed by atoms with Gasteiger partial charge in [-0.05, 0) is 6.08 Å². The van der Waals surface area contributed by atoms with Gasteiger partial charge >= 0.3 is 11.8 Å². The van der Waals surface area contributed by atoms with Crippen LogP contribution in [0.25, 0.3) is 0 Å². The van der Waals surface area contributed by atoms with Crippen molar-refractivity contribution in [2.24, 2.45) is 0 Å². The lowest BCUT2D eigenvalue weighted by Crippen LogP contribution is -2.34. The normalized spacial score (nSPS) is 26.1. The van der Waals surface area contributed by atoms with Crippen molar-refractivity contribution < 1.29 is 26.3 Å². The van der Waals surface area contributed by atoms with E-state index >= 15 is 0 Å². The highest BCUT2D eigenvalue weighted by atomic mass is 19.3. The van der Waals surface area contributed by atoms with Gasteiger partial charge in [0.25, 0.3) is 6.43 Å². The Bertz CT molecular complexity index is 216. The Hall–Kier alpha value is -0.680. The van der Waals surface area contributed by atoms with Crippen molar-refractivity contribution in [1.29, 1.82) is 0 Å². The molecule has 0 saturated heterocycles. The third-order valence-electron chi connectivity index (χ3n) is 1.56. The van der Waals surface area contributed by atoms with E-state index in [0.717, 1.165) is 0 Å². The molecule has 0 aromatic carbocycles. The van der Waals surface area contributed by atoms with E-state index in [1.165, 1.54) is 0 Å². The van der Waals surface area contributed by atoms with E-state index in [9.17, 15) is 26.3 Å². The molecule has 0 heterocycles. The van der Waals surface area contributed by atoms with Crippen LogP contribution in [0.5, 0.6) is 0 Å². The summed E-state index contributed by atoms with van der Waals surface area (Å²) in [7, 11) is 0. The van der Waals surface area contributed by atoms with Gasteiger partial charge in [-0.1, -0.05) is 0 Å². The lowest BCUT2D eigenvalue weighted by Gasteiger charge is -2.16. The third-order valence-corrected chi connectivity index (χ3v) is 1.56. The summed E-state index contributed by atoms with van der Waals surface area (Å²) >= 11 is 0. The van der Waals surface area contributed by atoms with E-state index in [-0.39, 0.29) is 6.08 Å².